The van der Waals surface area contributed by atoms with E-state index in [-0.39, 0.29) is 5.97 Å². The van der Waals surface area contributed by atoms with Crippen LogP contribution in [-0.4, -0.2) is 13.1 Å². The molecule has 0 amide bonds. The van der Waals surface area contributed by atoms with Crippen molar-refractivity contribution in [3.05, 3.63) is 69.8 Å². The zero-order valence-electron chi connectivity index (χ0n) is 15.5. The summed E-state index contributed by atoms with van der Waals surface area (Å²) in [5.41, 5.74) is 6.63. The van der Waals surface area contributed by atoms with E-state index in [1.54, 1.807) is 0 Å². The van der Waals surface area contributed by atoms with Gasteiger partial charge in [-0.3, -0.25) is 0 Å². The lowest BCUT2D eigenvalue weighted by Crippen LogP contribution is -2.07. The Labute approximate surface area is 156 Å². The van der Waals surface area contributed by atoms with Crippen LogP contribution in [0.1, 0.15) is 63.9 Å². The molecule has 0 radical (unpaired) electrons. The fourth-order valence-electron chi connectivity index (χ4n) is 3.72. The molecule has 2 aromatic rings. The molecule has 4 bridgehead atoms. The number of carbonyl (C=O) groups excluding carboxylic acids is 1. The van der Waals surface area contributed by atoms with Crippen molar-refractivity contribution in [1.29, 1.82) is 0 Å². The highest BCUT2D eigenvalue weighted by Crippen LogP contribution is 2.21. The number of methoxy groups -OCH3 is 1. The number of terminal acetylenes is 1. The fourth-order valence-corrected chi connectivity index (χ4v) is 3.72. The van der Waals surface area contributed by atoms with Gasteiger partial charge < -0.3 is 4.74 Å². The summed E-state index contributed by atoms with van der Waals surface area (Å²) in [6.45, 7) is 0. The minimum Gasteiger partial charge on any atom is -0.465 e. The molecule has 0 saturated heterocycles. The summed E-state index contributed by atoms with van der Waals surface area (Å²) in [5.74, 6) is 2.63. The SMILES string of the molecule is C#Cc1cc2ccc1CCCCc1ccc(cc1C(=O)OC)CCCC2. The Morgan fingerprint density at radius 2 is 1.46 bits per heavy atom. The molecular formula is C24H26O2. The summed E-state index contributed by atoms with van der Waals surface area (Å²) < 4.78 is 5.00. The van der Waals surface area contributed by atoms with Gasteiger partial charge >= 0.3 is 5.97 Å². The van der Waals surface area contributed by atoms with E-state index < -0.39 is 0 Å². The molecule has 4 aliphatic rings. The van der Waals surface area contributed by atoms with Crippen LogP contribution < -0.4 is 0 Å². The van der Waals surface area contributed by atoms with E-state index in [0.29, 0.717) is 0 Å². The lowest BCUT2D eigenvalue weighted by Gasteiger charge is -2.13. The standard InChI is InChI=1S/C24H26O2/c1-3-20-16-18-8-4-5-9-19-13-15-22(23(17-19)24(25)26-2)11-7-6-10-21(20)14-12-18/h1,12-17H,4-11H2,2H3. The van der Waals surface area contributed by atoms with E-state index >= 15 is 0 Å². The first-order chi connectivity index (χ1) is 12.7. The van der Waals surface area contributed by atoms with Crippen molar-refractivity contribution in [2.24, 2.45) is 0 Å². The van der Waals surface area contributed by atoms with Gasteiger partial charge in [0.15, 0.2) is 0 Å². The third kappa shape index (κ3) is 4.35. The summed E-state index contributed by atoms with van der Waals surface area (Å²) in [6, 6.07) is 12.9. The van der Waals surface area contributed by atoms with Gasteiger partial charge in [0.2, 0.25) is 0 Å². The summed E-state index contributed by atoms with van der Waals surface area (Å²) in [7, 11) is 1.45. The maximum absolute atomic E-state index is 12.2. The van der Waals surface area contributed by atoms with E-state index in [9.17, 15) is 4.79 Å². The molecule has 4 aliphatic carbocycles. The minimum absolute atomic E-state index is 0.229. The molecule has 0 N–H and O–H groups in total. The van der Waals surface area contributed by atoms with Crippen molar-refractivity contribution in [3.63, 3.8) is 0 Å². The van der Waals surface area contributed by atoms with Gasteiger partial charge in [-0.1, -0.05) is 30.2 Å². The zero-order chi connectivity index (χ0) is 18.4. The molecular weight excluding hydrogens is 320 g/mol. The second kappa shape index (κ2) is 8.72. The van der Waals surface area contributed by atoms with Crippen LogP contribution in [0.2, 0.25) is 0 Å². The number of benzene rings is 2. The lowest BCUT2D eigenvalue weighted by atomic mass is 9.93. The van der Waals surface area contributed by atoms with Gasteiger partial charge in [0.05, 0.1) is 12.7 Å². The molecule has 0 heterocycles. The Hall–Kier alpha value is -2.53. The van der Waals surface area contributed by atoms with Crippen LogP contribution >= 0.6 is 0 Å². The molecule has 2 aromatic carbocycles. The number of esters is 1. The molecule has 0 fully saturated rings. The molecule has 134 valence electrons. The fraction of sp³-hybridized carbons (Fsp3) is 0.375. The van der Waals surface area contributed by atoms with Gasteiger partial charge in [-0.15, -0.1) is 6.42 Å². The van der Waals surface area contributed by atoms with Gasteiger partial charge in [-0.2, -0.15) is 0 Å². The largest absolute Gasteiger partial charge is 0.465 e. The molecule has 0 atom stereocenters. The molecule has 6 rings (SSSR count). The van der Waals surface area contributed by atoms with Crippen molar-refractivity contribution < 1.29 is 9.53 Å². The molecule has 2 heteroatoms. The van der Waals surface area contributed by atoms with E-state index in [1.165, 1.54) is 23.8 Å². The minimum atomic E-state index is -0.229. The summed E-state index contributed by atoms with van der Waals surface area (Å²) >= 11 is 0. The highest BCUT2D eigenvalue weighted by Gasteiger charge is 2.13. The van der Waals surface area contributed by atoms with Crippen LogP contribution in [0.25, 0.3) is 0 Å². The van der Waals surface area contributed by atoms with Gasteiger partial charge in [0, 0.05) is 5.56 Å². The highest BCUT2D eigenvalue weighted by molar-refractivity contribution is 5.91. The lowest BCUT2D eigenvalue weighted by molar-refractivity contribution is 0.0599. The van der Waals surface area contributed by atoms with Crippen LogP contribution in [-0.2, 0) is 30.4 Å². The summed E-state index contributed by atoms with van der Waals surface area (Å²) in [6.07, 6.45) is 13.9. The topological polar surface area (TPSA) is 26.3 Å². The maximum Gasteiger partial charge on any atom is 0.338 e. The number of hydrogen-bond acceptors (Lipinski definition) is 2. The molecule has 0 saturated carbocycles. The number of hydrogen-bond donors (Lipinski definition) is 0. The monoisotopic (exact) mass is 346 g/mol. The third-order valence-electron chi connectivity index (χ3n) is 5.23. The molecule has 0 aromatic heterocycles. The Kier molecular flexibility index (Phi) is 6.12. The maximum atomic E-state index is 12.2. The van der Waals surface area contributed by atoms with E-state index in [2.05, 4.69) is 36.3 Å². The van der Waals surface area contributed by atoms with Crippen molar-refractivity contribution in [2.75, 3.05) is 7.11 Å². The Morgan fingerprint density at radius 1 is 0.885 bits per heavy atom. The average Bonchev–Trinajstić information content (AvgIpc) is 2.68. The molecule has 26 heavy (non-hydrogen) atoms. The third-order valence-corrected chi connectivity index (χ3v) is 5.23. The first-order valence-electron chi connectivity index (χ1n) is 9.50. The zero-order valence-corrected chi connectivity index (χ0v) is 15.5. The van der Waals surface area contributed by atoms with Gasteiger partial charge in [0.25, 0.3) is 0 Å². The second-order valence-corrected chi connectivity index (χ2v) is 7.03. The highest BCUT2D eigenvalue weighted by atomic mass is 16.5. The van der Waals surface area contributed by atoms with Crippen molar-refractivity contribution in [2.45, 2.75) is 51.4 Å². The van der Waals surface area contributed by atoms with E-state index in [4.69, 9.17) is 11.2 Å². The van der Waals surface area contributed by atoms with Gasteiger partial charge in [0.1, 0.15) is 0 Å². The van der Waals surface area contributed by atoms with E-state index in [0.717, 1.165) is 68.1 Å². The summed E-state index contributed by atoms with van der Waals surface area (Å²) in [5, 5.41) is 0. The smallest absolute Gasteiger partial charge is 0.338 e. The van der Waals surface area contributed by atoms with Crippen LogP contribution in [0.4, 0.5) is 0 Å². The molecule has 0 aliphatic heterocycles. The predicted molar refractivity (Wildman–Crippen MR) is 105 cm³/mol. The van der Waals surface area contributed by atoms with Crippen molar-refractivity contribution >= 4 is 5.97 Å². The number of rotatable bonds is 1. The van der Waals surface area contributed by atoms with Gasteiger partial charge in [-0.25, -0.2) is 4.79 Å². The number of ether oxygens (including phenoxy) is 1. The van der Waals surface area contributed by atoms with E-state index in [1.807, 2.05) is 6.07 Å². The van der Waals surface area contributed by atoms with Crippen LogP contribution in [0.15, 0.2) is 36.4 Å². The van der Waals surface area contributed by atoms with Crippen LogP contribution in [0.3, 0.4) is 0 Å². The summed E-state index contributed by atoms with van der Waals surface area (Å²) in [4.78, 5) is 12.2. The average molecular weight is 346 g/mol. The predicted octanol–water partition coefficient (Wildman–Crippen LogP) is 4.90. The van der Waals surface area contributed by atoms with Crippen LogP contribution in [0, 0.1) is 12.3 Å². The quantitative estimate of drug-likeness (QED) is 0.542. The molecule has 2 nitrogen and oxygen atoms in total. The van der Waals surface area contributed by atoms with Crippen LogP contribution in [0.5, 0.6) is 0 Å². The molecule has 0 unspecified atom stereocenters. The van der Waals surface area contributed by atoms with Crippen molar-refractivity contribution in [1.82, 2.24) is 0 Å². The Morgan fingerprint density at radius 3 is 2.12 bits per heavy atom. The number of aryl methyl sites for hydroxylation is 4. The normalized spacial score (nSPS) is 14.8. The first kappa shape index (κ1) is 18.3. The molecule has 0 spiro atoms. The number of carbonyl (C=O) groups is 1. The Bertz CT molecular complexity index is 827. The second-order valence-electron chi connectivity index (χ2n) is 7.03. The van der Waals surface area contributed by atoms with Gasteiger partial charge in [-0.05, 0) is 85.8 Å². The Balaban J connectivity index is 1.85. The first-order valence-corrected chi connectivity index (χ1v) is 9.50. The van der Waals surface area contributed by atoms with Crippen molar-refractivity contribution in [3.8, 4) is 12.3 Å².